The van der Waals surface area contributed by atoms with Crippen LogP contribution >= 0.6 is 0 Å². The largest absolute Gasteiger partial charge is 0.348 e. The monoisotopic (exact) mass is 374 g/mol. The summed E-state index contributed by atoms with van der Waals surface area (Å²) in [6.45, 7) is 6.12. The van der Waals surface area contributed by atoms with Crippen molar-refractivity contribution < 1.29 is 13.2 Å². The normalized spacial score (nSPS) is 11.6. The van der Waals surface area contributed by atoms with Gasteiger partial charge in [0.15, 0.2) is 9.84 Å². The van der Waals surface area contributed by atoms with Crippen LogP contribution in [-0.4, -0.2) is 39.1 Å². The summed E-state index contributed by atoms with van der Waals surface area (Å²) in [5.74, 6) is -0.274. The number of sulfone groups is 1. The van der Waals surface area contributed by atoms with Gasteiger partial charge in [-0.3, -0.25) is 4.79 Å². The molecule has 0 radical (unpaired) electrons. The predicted molar refractivity (Wildman–Crippen MR) is 104 cm³/mol. The third kappa shape index (κ3) is 5.41. The van der Waals surface area contributed by atoms with Crippen LogP contribution in [0.25, 0.3) is 0 Å². The van der Waals surface area contributed by atoms with Gasteiger partial charge in [0.2, 0.25) is 0 Å². The van der Waals surface area contributed by atoms with Crippen molar-refractivity contribution in [3.05, 3.63) is 64.7 Å². The molecule has 0 fully saturated rings. The van der Waals surface area contributed by atoms with Crippen molar-refractivity contribution in [2.24, 2.45) is 0 Å². The summed E-state index contributed by atoms with van der Waals surface area (Å²) in [4.78, 5) is 14.9. The minimum Gasteiger partial charge on any atom is -0.348 e. The average molecular weight is 375 g/mol. The van der Waals surface area contributed by atoms with Crippen molar-refractivity contribution in [3.63, 3.8) is 0 Å². The van der Waals surface area contributed by atoms with Gasteiger partial charge in [-0.15, -0.1) is 0 Å². The van der Waals surface area contributed by atoms with Gasteiger partial charge in [0.05, 0.1) is 4.90 Å². The first-order valence-electron chi connectivity index (χ1n) is 8.56. The van der Waals surface area contributed by atoms with E-state index in [1.807, 2.05) is 12.1 Å². The summed E-state index contributed by atoms with van der Waals surface area (Å²) in [6.07, 6.45) is 1.14. The second-order valence-corrected chi connectivity index (χ2v) is 8.60. The molecule has 0 saturated heterocycles. The standard InChI is InChI=1S/C20H26N2O3S/c1-5-22(3)14-17-8-6-7-16(11-17)13-21-20(23)19-12-18(26(4,24)25)10-9-15(19)2/h6-12H,5,13-14H2,1-4H3,(H,21,23). The van der Waals surface area contributed by atoms with Crippen molar-refractivity contribution in [2.45, 2.75) is 31.8 Å². The Bertz CT molecular complexity index is 892. The van der Waals surface area contributed by atoms with Gasteiger partial charge in [0.25, 0.3) is 5.91 Å². The van der Waals surface area contributed by atoms with Crippen LogP contribution in [0, 0.1) is 6.92 Å². The maximum atomic E-state index is 12.5. The van der Waals surface area contributed by atoms with Gasteiger partial charge in [0.1, 0.15) is 0 Å². The summed E-state index contributed by atoms with van der Waals surface area (Å²) >= 11 is 0. The first-order valence-corrected chi connectivity index (χ1v) is 10.4. The fraction of sp³-hybridized carbons (Fsp3) is 0.350. The van der Waals surface area contributed by atoms with Gasteiger partial charge in [-0.2, -0.15) is 0 Å². The molecule has 1 amide bonds. The Balaban J connectivity index is 2.11. The zero-order chi connectivity index (χ0) is 19.3. The van der Waals surface area contributed by atoms with Crippen LogP contribution in [0.5, 0.6) is 0 Å². The molecule has 2 aromatic rings. The lowest BCUT2D eigenvalue weighted by Gasteiger charge is -2.15. The second kappa shape index (κ2) is 8.47. The highest BCUT2D eigenvalue weighted by atomic mass is 32.2. The second-order valence-electron chi connectivity index (χ2n) is 6.58. The van der Waals surface area contributed by atoms with E-state index in [9.17, 15) is 13.2 Å². The highest BCUT2D eigenvalue weighted by molar-refractivity contribution is 7.90. The van der Waals surface area contributed by atoms with E-state index >= 15 is 0 Å². The molecule has 1 N–H and O–H groups in total. The van der Waals surface area contributed by atoms with Gasteiger partial charge >= 0.3 is 0 Å². The molecule has 0 bridgehead atoms. The first kappa shape index (κ1) is 20.1. The number of rotatable bonds is 7. The molecule has 0 atom stereocenters. The maximum Gasteiger partial charge on any atom is 0.251 e. The van der Waals surface area contributed by atoms with E-state index in [2.05, 4.69) is 36.3 Å². The molecule has 140 valence electrons. The number of carbonyl (C=O) groups excluding carboxylic acids is 1. The Hall–Kier alpha value is -2.18. The number of nitrogens with one attached hydrogen (secondary N) is 1. The van der Waals surface area contributed by atoms with Crippen LogP contribution in [0.4, 0.5) is 0 Å². The molecule has 5 nitrogen and oxygen atoms in total. The number of hydrogen-bond donors (Lipinski definition) is 1. The molecule has 0 spiro atoms. The minimum absolute atomic E-state index is 0.151. The van der Waals surface area contributed by atoms with Crippen molar-refractivity contribution in [1.29, 1.82) is 0 Å². The van der Waals surface area contributed by atoms with Crippen molar-refractivity contribution in [2.75, 3.05) is 19.8 Å². The molecule has 6 heteroatoms. The Morgan fingerprint density at radius 3 is 2.46 bits per heavy atom. The topological polar surface area (TPSA) is 66.5 Å². The maximum absolute atomic E-state index is 12.5. The Kier molecular flexibility index (Phi) is 6.56. The summed E-state index contributed by atoms with van der Waals surface area (Å²) in [6, 6.07) is 12.7. The third-order valence-corrected chi connectivity index (χ3v) is 5.43. The lowest BCUT2D eigenvalue weighted by atomic mass is 10.1. The molecule has 0 aliphatic rings. The number of nitrogens with zero attached hydrogens (tertiary/aromatic N) is 1. The fourth-order valence-corrected chi connectivity index (χ4v) is 3.26. The van der Waals surface area contributed by atoms with Gasteiger partial charge in [-0.05, 0) is 49.3 Å². The van der Waals surface area contributed by atoms with Crippen molar-refractivity contribution in [1.82, 2.24) is 10.2 Å². The molecule has 0 aliphatic carbocycles. The van der Waals surface area contributed by atoms with Crippen LogP contribution in [0.1, 0.15) is 34.0 Å². The Morgan fingerprint density at radius 1 is 1.12 bits per heavy atom. The zero-order valence-electron chi connectivity index (χ0n) is 15.7. The molecule has 2 rings (SSSR count). The quantitative estimate of drug-likeness (QED) is 0.809. The van der Waals surface area contributed by atoms with Crippen LogP contribution in [0.3, 0.4) is 0 Å². The number of benzene rings is 2. The van der Waals surface area contributed by atoms with Crippen LogP contribution in [-0.2, 0) is 22.9 Å². The predicted octanol–water partition coefficient (Wildman–Crippen LogP) is 2.78. The number of aryl methyl sites for hydroxylation is 1. The fourth-order valence-electron chi connectivity index (χ4n) is 2.62. The Morgan fingerprint density at radius 2 is 1.81 bits per heavy atom. The summed E-state index contributed by atoms with van der Waals surface area (Å²) in [5.41, 5.74) is 3.33. The molecular weight excluding hydrogens is 348 g/mol. The molecule has 0 heterocycles. The molecule has 2 aromatic carbocycles. The highest BCUT2D eigenvalue weighted by Gasteiger charge is 2.14. The molecule has 0 aliphatic heterocycles. The van der Waals surface area contributed by atoms with Crippen LogP contribution < -0.4 is 5.32 Å². The third-order valence-electron chi connectivity index (χ3n) is 4.32. The van der Waals surface area contributed by atoms with E-state index in [4.69, 9.17) is 0 Å². The molecule has 0 saturated carbocycles. The smallest absolute Gasteiger partial charge is 0.251 e. The van der Waals surface area contributed by atoms with E-state index in [1.54, 1.807) is 13.0 Å². The van der Waals surface area contributed by atoms with Crippen LogP contribution in [0.2, 0.25) is 0 Å². The first-order chi connectivity index (χ1) is 12.2. The highest BCUT2D eigenvalue weighted by Crippen LogP contribution is 2.16. The van der Waals surface area contributed by atoms with E-state index < -0.39 is 9.84 Å². The average Bonchev–Trinajstić information content (AvgIpc) is 2.59. The Labute approximate surface area is 156 Å². The number of carbonyl (C=O) groups is 1. The summed E-state index contributed by atoms with van der Waals surface area (Å²) < 4.78 is 23.4. The zero-order valence-corrected chi connectivity index (χ0v) is 16.6. The molecule has 0 aromatic heterocycles. The minimum atomic E-state index is -3.35. The van der Waals surface area contributed by atoms with E-state index in [0.29, 0.717) is 12.1 Å². The summed E-state index contributed by atoms with van der Waals surface area (Å²) in [7, 11) is -1.29. The van der Waals surface area contributed by atoms with E-state index in [1.165, 1.54) is 17.7 Å². The van der Waals surface area contributed by atoms with Gasteiger partial charge < -0.3 is 10.2 Å². The lowest BCUT2D eigenvalue weighted by molar-refractivity contribution is 0.0950. The lowest BCUT2D eigenvalue weighted by Crippen LogP contribution is -2.24. The van der Waals surface area contributed by atoms with Gasteiger partial charge in [0, 0.05) is 24.9 Å². The molecule has 0 unspecified atom stereocenters. The van der Waals surface area contributed by atoms with Crippen molar-refractivity contribution >= 4 is 15.7 Å². The van der Waals surface area contributed by atoms with E-state index in [-0.39, 0.29) is 10.8 Å². The SMILES string of the molecule is CCN(C)Cc1cccc(CNC(=O)c2cc(S(C)(=O)=O)ccc2C)c1. The van der Waals surface area contributed by atoms with Gasteiger partial charge in [-0.25, -0.2) is 8.42 Å². The number of hydrogen-bond acceptors (Lipinski definition) is 4. The summed E-state index contributed by atoms with van der Waals surface area (Å²) in [5, 5.41) is 2.88. The number of amides is 1. The van der Waals surface area contributed by atoms with E-state index in [0.717, 1.165) is 30.5 Å². The molecular formula is C20H26N2O3S. The van der Waals surface area contributed by atoms with Crippen LogP contribution in [0.15, 0.2) is 47.4 Å². The van der Waals surface area contributed by atoms with Gasteiger partial charge in [-0.1, -0.05) is 37.3 Å². The van der Waals surface area contributed by atoms with Crippen molar-refractivity contribution in [3.8, 4) is 0 Å². The molecule has 26 heavy (non-hydrogen) atoms.